The van der Waals surface area contributed by atoms with E-state index >= 15 is 0 Å². The van der Waals surface area contributed by atoms with E-state index in [4.69, 9.17) is 0 Å². The van der Waals surface area contributed by atoms with Crippen molar-refractivity contribution in [2.75, 3.05) is 66.0 Å². The smallest absolute Gasteiger partial charge is 0.0264 e. The molecule has 1 unspecified atom stereocenters. The lowest BCUT2D eigenvalue weighted by Gasteiger charge is -2.41. The maximum atomic E-state index is 2.79. The summed E-state index contributed by atoms with van der Waals surface area (Å²) in [5, 5.41) is 0. The van der Waals surface area contributed by atoms with Gasteiger partial charge in [0.15, 0.2) is 0 Å². The lowest BCUT2D eigenvalue weighted by molar-refractivity contribution is 0.0646. The third kappa shape index (κ3) is 2.52. The summed E-state index contributed by atoms with van der Waals surface area (Å²) < 4.78 is 0. The Balaban J connectivity index is 1.34. The van der Waals surface area contributed by atoms with Crippen LogP contribution in [0.15, 0.2) is 0 Å². The molecule has 0 spiro atoms. The summed E-state index contributed by atoms with van der Waals surface area (Å²) >= 11 is 0. The van der Waals surface area contributed by atoms with Gasteiger partial charge in [0.2, 0.25) is 0 Å². The van der Waals surface area contributed by atoms with Crippen molar-refractivity contribution in [2.45, 2.75) is 31.3 Å². The number of hydrogen-bond acceptors (Lipinski definition) is 4. The quantitative estimate of drug-likeness (QED) is 0.725. The van der Waals surface area contributed by atoms with Gasteiger partial charge in [-0.2, -0.15) is 0 Å². The van der Waals surface area contributed by atoms with Crippen molar-refractivity contribution in [3.8, 4) is 0 Å². The van der Waals surface area contributed by atoms with E-state index in [1.165, 1.54) is 78.2 Å². The first-order chi connectivity index (χ1) is 9.79. The molecule has 3 atom stereocenters. The van der Waals surface area contributed by atoms with E-state index in [2.05, 4.69) is 26.6 Å². The van der Waals surface area contributed by atoms with Gasteiger partial charge in [0.05, 0.1) is 0 Å². The maximum Gasteiger partial charge on any atom is 0.0264 e. The molecule has 114 valence electrons. The Kier molecular flexibility index (Phi) is 3.75. The van der Waals surface area contributed by atoms with Crippen molar-refractivity contribution in [1.82, 2.24) is 19.6 Å². The van der Waals surface area contributed by atoms with E-state index in [0.29, 0.717) is 0 Å². The van der Waals surface area contributed by atoms with Crippen LogP contribution in [0.2, 0.25) is 0 Å². The standard InChI is InChI=1S/C16H30N4/c1-17-7-9-20-6-4-14(16(20)13-17)11-18-8-10-19-5-2-3-15(19)12-18/h14-16H,2-13H2,1H3/t14?,15-,16-/m1/s1. The number of hydrogen-bond donors (Lipinski definition) is 0. The predicted octanol–water partition coefficient (Wildman–Crippen LogP) is 0.402. The first kappa shape index (κ1) is 13.5. The lowest BCUT2D eigenvalue weighted by atomic mass is 9.97. The molecule has 20 heavy (non-hydrogen) atoms. The fourth-order valence-electron chi connectivity index (χ4n) is 5.01. The summed E-state index contributed by atoms with van der Waals surface area (Å²) in [6.07, 6.45) is 4.31. The highest BCUT2D eigenvalue weighted by molar-refractivity contribution is 4.95. The fraction of sp³-hybridized carbons (Fsp3) is 1.00. The molecule has 4 saturated heterocycles. The second-order valence-corrected chi connectivity index (χ2v) is 7.51. The van der Waals surface area contributed by atoms with E-state index < -0.39 is 0 Å². The van der Waals surface area contributed by atoms with Crippen molar-refractivity contribution in [3.05, 3.63) is 0 Å². The highest BCUT2D eigenvalue weighted by Gasteiger charge is 2.39. The number of likely N-dealkylation sites (N-methyl/N-ethyl adjacent to an activating group) is 1. The minimum Gasteiger partial charge on any atom is -0.304 e. The van der Waals surface area contributed by atoms with Crippen LogP contribution >= 0.6 is 0 Å². The summed E-state index contributed by atoms with van der Waals surface area (Å²) in [5.41, 5.74) is 0. The van der Waals surface area contributed by atoms with E-state index in [0.717, 1.165) is 18.0 Å². The van der Waals surface area contributed by atoms with Crippen LogP contribution in [0.25, 0.3) is 0 Å². The molecule has 4 aliphatic rings. The molecular weight excluding hydrogens is 248 g/mol. The van der Waals surface area contributed by atoms with Gasteiger partial charge in [-0.05, 0) is 45.3 Å². The van der Waals surface area contributed by atoms with Crippen molar-refractivity contribution in [1.29, 1.82) is 0 Å². The Bertz CT molecular complexity index is 347. The van der Waals surface area contributed by atoms with Gasteiger partial charge in [-0.25, -0.2) is 0 Å². The lowest BCUT2D eigenvalue weighted by Crippen LogP contribution is -2.54. The molecule has 0 N–H and O–H groups in total. The van der Waals surface area contributed by atoms with Gasteiger partial charge < -0.3 is 9.80 Å². The van der Waals surface area contributed by atoms with E-state index in [9.17, 15) is 0 Å². The average molecular weight is 278 g/mol. The van der Waals surface area contributed by atoms with Crippen molar-refractivity contribution >= 4 is 0 Å². The van der Waals surface area contributed by atoms with E-state index in [1.54, 1.807) is 0 Å². The number of piperazine rings is 2. The highest BCUT2D eigenvalue weighted by atomic mass is 15.3. The molecule has 4 fully saturated rings. The number of fused-ring (bicyclic) bond motifs is 2. The van der Waals surface area contributed by atoms with Gasteiger partial charge >= 0.3 is 0 Å². The minimum atomic E-state index is 0.843. The van der Waals surface area contributed by atoms with Gasteiger partial charge in [0.25, 0.3) is 0 Å². The fourth-order valence-corrected chi connectivity index (χ4v) is 5.01. The van der Waals surface area contributed by atoms with Crippen molar-refractivity contribution in [2.24, 2.45) is 5.92 Å². The second-order valence-electron chi connectivity index (χ2n) is 7.51. The summed E-state index contributed by atoms with van der Waals surface area (Å²) in [6.45, 7) is 11.9. The molecule has 4 rings (SSSR count). The van der Waals surface area contributed by atoms with Crippen molar-refractivity contribution in [3.63, 3.8) is 0 Å². The monoisotopic (exact) mass is 278 g/mol. The first-order valence-electron chi connectivity index (χ1n) is 8.68. The normalized spacial score (nSPS) is 41.0. The van der Waals surface area contributed by atoms with E-state index in [1.807, 2.05) is 0 Å². The predicted molar refractivity (Wildman–Crippen MR) is 82.0 cm³/mol. The third-order valence-corrected chi connectivity index (χ3v) is 6.23. The number of nitrogens with zero attached hydrogens (tertiary/aromatic N) is 4. The van der Waals surface area contributed by atoms with Crippen molar-refractivity contribution < 1.29 is 0 Å². The van der Waals surface area contributed by atoms with Gasteiger partial charge in [0.1, 0.15) is 0 Å². The molecule has 0 radical (unpaired) electrons. The molecule has 0 aromatic heterocycles. The first-order valence-corrected chi connectivity index (χ1v) is 8.68. The molecule has 4 heteroatoms. The van der Waals surface area contributed by atoms with Crippen LogP contribution in [0, 0.1) is 5.92 Å². The average Bonchev–Trinajstić information content (AvgIpc) is 3.05. The largest absolute Gasteiger partial charge is 0.304 e. The Morgan fingerprint density at radius 3 is 2.70 bits per heavy atom. The maximum absolute atomic E-state index is 2.79. The van der Waals surface area contributed by atoms with Gasteiger partial charge in [-0.3, -0.25) is 9.80 Å². The molecule has 0 aromatic rings. The molecular formula is C16H30N4. The van der Waals surface area contributed by atoms with Gasteiger partial charge in [-0.1, -0.05) is 0 Å². The van der Waals surface area contributed by atoms with Crippen LogP contribution in [0.1, 0.15) is 19.3 Å². The zero-order chi connectivity index (χ0) is 13.5. The molecule has 0 aliphatic carbocycles. The second kappa shape index (κ2) is 5.56. The zero-order valence-corrected chi connectivity index (χ0v) is 13.0. The van der Waals surface area contributed by atoms with E-state index in [-0.39, 0.29) is 0 Å². The summed E-state index contributed by atoms with van der Waals surface area (Å²) in [4.78, 5) is 10.8. The zero-order valence-electron chi connectivity index (χ0n) is 13.0. The summed E-state index contributed by atoms with van der Waals surface area (Å²) in [5.74, 6) is 0.922. The Morgan fingerprint density at radius 2 is 1.75 bits per heavy atom. The van der Waals surface area contributed by atoms with Crippen LogP contribution in [0.5, 0.6) is 0 Å². The molecule has 0 saturated carbocycles. The molecule has 4 aliphatic heterocycles. The molecule has 4 heterocycles. The van der Waals surface area contributed by atoms with Crippen LogP contribution in [0.4, 0.5) is 0 Å². The highest BCUT2D eigenvalue weighted by Crippen LogP contribution is 2.29. The van der Waals surface area contributed by atoms with Crippen LogP contribution in [-0.4, -0.2) is 97.6 Å². The Hall–Kier alpha value is -0.160. The Labute approximate surface area is 123 Å². The molecule has 0 aromatic carbocycles. The molecule has 4 nitrogen and oxygen atoms in total. The topological polar surface area (TPSA) is 13.0 Å². The third-order valence-electron chi connectivity index (χ3n) is 6.23. The van der Waals surface area contributed by atoms with Crippen LogP contribution < -0.4 is 0 Å². The van der Waals surface area contributed by atoms with Crippen LogP contribution in [-0.2, 0) is 0 Å². The molecule has 0 amide bonds. The van der Waals surface area contributed by atoms with Gasteiger partial charge in [-0.15, -0.1) is 0 Å². The molecule has 0 bridgehead atoms. The van der Waals surface area contributed by atoms with Crippen LogP contribution in [0.3, 0.4) is 0 Å². The van der Waals surface area contributed by atoms with Gasteiger partial charge in [0, 0.05) is 57.9 Å². The number of rotatable bonds is 2. The SMILES string of the molecule is CN1CCN2CCC(CN3CCN4CCC[C@@H]4C3)[C@H]2C1. The summed E-state index contributed by atoms with van der Waals surface area (Å²) in [7, 11) is 2.30. The minimum absolute atomic E-state index is 0.843. The Morgan fingerprint density at radius 1 is 0.850 bits per heavy atom. The summed E-state index contributed by atoms with van der Waals surface area (Å²) in [6, 6.07) is 1.73.